The molecule has 2 N–H and O–H groups in total. The number of phenols is 2. The van der Waals surface area contributed by atoms with Crippen molar-refractivity contribution in [3.63, 3.8) is 0 Å². The Morgan fingerprint density at radius 3 is 2.20 bits per heavy atom. The van der Waals surface area contributed by atoms with Crippen LogP contribution < -0.4 is 0 Å². The Hall–Kier alpha value is -1.96. The zero-order valence-corrected chi connectivity index (χ0v) is 11.5. The summed E-state index contributed by atoms with van der Waals surface area (Å²) < 4.78 is 0. The summed E-state index contributed by atoms with van der Waals surface area (Å²) in [5.41, 5.74) is 2.46. The van der Waals surface area contributed by atoms with Crippen molar-refractivity contribution >= 4 is 0 Å². The van der Waals surface area contributed by atoms with E-state index in [1.54, 1.807) is 12.1 Å². The summed E-state index contributed by atoms with van der Waals surface area (Å²) >= 11 is 0. The van der Waals surface area contributed by atoms with Crippen LogP contribution in [0.25, 0.3) is 11.1 Å². The van der Waals surface area contributed by atoms with Gasteiger partial charge in [0.25, 0.3) is 0 Å². The van der Waals surface area contributed by atoms with Crippen LogP contribution in [0.4, 0.5) is 0 Å². The average Bonchev–Trinajstić information content (AvgIpc) is 2.49. The maximum Gasteiger partial charge on any atom is 0.127 e. The lowest BCUT2D eigenvalue weighted by atomic mass is 9.82. The lowest BCUT2D eigenvalue weighted by Crippen LogP contribution is -2.05. The van der Waals surface area contributed by atoms with Gasteiger partial charge in [-0.3, -0.25) is 0 Å². The second-order valence-electron chi connectivity index (χ2n) is 5.60. The van der Waals surface area contributed by atoms with Gasteiger partial charge in [-0.1, -0.05) is 55.7 Å². The molecule has 0 aromatic heterocycles. The summed E-state index contributed by atoms with van der Waals surface area (Å²) in [5.74, 6) is 0.999. The van der Waals surface area contributed by atoms with Crippen LogP contribution >= 0.6 is 0 Å². The first kappa shape index (κ1) is 13.0. The summed E-state index contributed by atoms with van der Waals surface area (Å²) in [6, 6.07) is 13.0. The molecule has 3 rings (SSSR count). The van der Waals surface area contributed by atoms with Gasteiger partial charge >= 0.3 is 0 Å². The number of phenolic OH excluding ortho intramolecular Hbond substituents is 2. The maximum absolute atomic E-state index is 10.6. The van der Waals surface area contributed by atoms with Gasteiger partial charge in [0.05, 0.1) is 0 Å². The van der Waals surface area contributed by atoms with Crippen LogP contribution in [0.2, 0.25) is 0 Å². The molecule has 2 heteroatoms. The second-order valence-corrected chi connectivity index (χ2v) is 5.60. The number of hydrogen-bond donors (Lipinski definition) is 2. The molecule has 1 fully saturated rings. The Balaban J connectivity index is 2.03. The molecular formula is C18H20O2. The normalized spacial score (nSPS) is 16.2. The van der Waals surface area contributed by atoms with Gasteiger partial charge < -0.3 is 10.2 Å². The number of hydrogen-bond acceptors (Lipinski definition) is 2. The highest BCUT2D eigenvalue weighted by molar-refractivity contribution is 5.76. The van der Waals surface area contributed by atoms with Gasteiger partial charge in [0.2, 0.25) is 0 Å². The third-order valence-corrected chi connectivity index (χ3v) is 4.31. The Kier molecular flexibility index (Phi) is 3.64. The largest absolute Gasteiger partial charge is 0.507 e. The van der Waals surface area contributed by atoms with Crippen LogP contribution in [0.15, 0.2) is 42.5 Å². The summed E-state index contributed by atoms with van der Waals surface area (Å²) in [6.07, 6.45) is 6.09. The summed E-state index contributed by atoms with van der Waals surface area (Å²) in [4.78, 5) is 0. The number of rotatable bonds is 2. The molecule has 0 heterocycles. The van der Waals surface area contributed by atoms with Crippen LogP contribution in [0, 0.1) is 0 Å². The number of benzene rings is 2. The molecule has 0 unspecified atom stereocenters. The van der Waals surface area contributed by atoms with E-state index >= 15 is 0 Å². The molecule has 1 aliphatic rings. The Bertz CT molecular complexity index is 598. The van der Waals surface area contributed by atoms with E-state index in [9.17, 15) is 10.2 Å². The standard InChI is InChI=1S/C18H20O2/c19-17-12-5-4-9-15(17)16-11-6-10-14(18(16)20)13-7-2-1-3-8-13/h4-6,9-13,19-20H,1-3,7-8H2. The van der Waals surface area contributed by atoms with Crippen molar-refractivity contribution in [3.05, 3.63) is 48.0 Å². The Morgan fingerprint density at radius 2 is 1.45 bits per heavy atom. The molecule has 0 atom stereocenters. The molecule has 20 heavy (non-hydrogen) atoms. The summed E-state index contributed by atoms with van der Waals surface area (Å²) in [7, 11) is 0. The quantitative estimate of drug-likeness (QED) is 0.820. The molecular weight excluding hydrogens is 248 g/mol. The van der Waals surface area contributed by atoms with Crippen molar-refractivity contribution in [2.75, 3.05) is 0 Å². The van der Waals surface area contributed by atoms with E-state index in [1.165, 1.54) is 19.3 Å². The van der Waals surface area contributed by atoms with Crippen molar-refractivity contribution in [1.82, 2.24) is 0 Å². The molecule has 104 valence electrons. The number of para-hydroxylation sites is 2. The minimum absolute atomic E-state index is 0.212. The van der Waals surface area contributed by atoms with Gasteiger partial charge in [-0.25, -0.2) is 0 Å². The van der Waals surface area contributed by atoms with Crippen LogP contribution in [-0.4, -0.2) is 10.2 Å². The third kappa shape index (κ3) is 2.38. The molecule has 1 aliphatic carbocycles. The maximum atomic E-state index is 10.6. The van der Waals surface area contributed by atoms with E-state index in [1.807, 2.05) is 30.3 Å². The fraction of sp³-hybridized carbons (Fsp3) is 0.333. The predicted molar refractivity (Wildman–Crippen MR) is 81.0 cm³/mol. The first-order valence-corrected chi connectivity index (χ1v) is 7.37. The van der Waals surface area contributed by atoms with E-state index in [2.05, 4.69) is 0 Å². The monoisotopic (exact) mass is 268 g/mol. The van der Waals surface area contributed by atoms with Gasteiger partial charge in [-0.15, -0.1) is 0 Å². The summed E-state index contributed by atoms with van der Waals surface area (Å²) in [6.45, 7) is 0. The SMILES string of the molecule is Oc1ccccc1-c1cccc(C2CCCCC2)c1O. The van der Waals surface area contributed by atoms with Gasteiger partial charge in [0.1, 0.15) is 11.5 Å². The van der Waals surface area contributed by atoms with Crippen molar-refractivity contribution in [1.29, 1.82) is 0 Å². The fourth-order valence-electron chi connectivity index (χ4n) is 3.22. The molecule has 0 bridgehead atoms. The molecule has 0 aliphatic heterocycles. The van der Waals surface area contributed by atoms with Crippen molar-refractivity contribution < 1.29 is 10.2 Å². The lowest BCUT2D eigenvalue weighted by molar-refractivity contribution is 0.415. The Morgan fingerprint density at radius 1 is 0.750 bits per heavy atom. The van der Waals surface area contributed by atoms with Crippen LogP contribution in [-0.2, 0) is 0 Å². The molecule has 2 aromatic carbocycles. The van der Waals surface area contributed by atoms with Crippen LogP contribution in [0.5, 0.6) is 11.5 Å². The van der Waals surface area contributed by atoms with E-state index < -0.39 is 0 Å². The molecule has 0 amide bonds. The minimum Gasteiger partial charge on any atom is -0.507 e. The van der Waals surface area contributed by atoms with E-state index in [0.29, 0.717) is 17.2 Å². The molecule has 0 spiro atoms. The van der Waals surface area contributed by atoms with Crippen molar-refractivity contribution in [2.24, 2.45) is 0 Å². The molecule has 0 saturated heterocycles. The molecule has 2 aromatic rings. The van der Waals surface area contributed by atoms with E-state index in [-0.39, 0.29) is 5.75 Å². The molecule has 0 radical (unpaired) electrons. The first-order valence-electron chi connectivity index (χ1n) is 7.37. The average molecular weight is 268 g/mol. The Labute approximate surface area is 119 Å². The van der Waals surface area contributed by atoms with Gasteiger partial charge in [-0.2, -0.15) is 0 Å². The highest BCUT2D eigenvalue weighted by atomic mass is 16.3. The zero-order valence-electron chi connectivity index (χ0n) is 11.5. The van der Waals surface area contributed by atoms with E-state index in [0.717, 1.165) is 24.0 Å². The molecule has 2 nitrogen and oxygen atoms in total. The molecule has 1 saturated carbocycles. The van der Waals surface area contributed by atoms with Crippen molar-refractivity contribution in [3.8, 4) is 22.6 Å². The minimum atomic E-state index is 0.212. The second kappa shape index (κ2) is 5.58. The smallest absolute Gasteiger partial charge is 0.127 e. The summed E-state index contributed by atoms with van der Waals surface area (Å²) in [5, 5.41) is 20.6. The first-order chi connectivity index (χ1) is 9.77. The third-order valence-electron chi connectivity index (χ3n) is 4.31. The van der Waals surface area contributed by atoms with Crippen LogP contribution in [0.3, 0.4) is 0 Å². The van der Waals surface area contributed by atoms with Gasteiger partial charge in [-0.05, 0) is 30.4 Å². The van der Waals surface area contributed by atoms with Gasteiger partial charge in [0.15, 0.2) is 0 Å². The van der Waals surface area contributed by atoms with Gasteiger partial charge in [0, 0.05) is 11.1 Å². The topological polar surface area (TPSA) is 40.5 Å². The predicted octanol–water partition coefficient (Wildman–Crippen LogP) is 4.81. The van der Waals surface area contributed by atoms with Crippen molar-refractivity contribution in [2.45, 2.75) is 38.0 Å². The van der Waals surface area contributed by atoms with Crippen LogP contribution in [0.1, 0.15) is 43.6 Å². The zero-order chi connectivity index (χ0) is 13.9. The highest BCUT2D eigenvalue weighted by Gasteiger charge is 2.20. The highest BCUT2D eigenvalue weighted by Crippen LogP contribution is 2.43. The number of aromatic hydroxyl groups is 2. The van der Waals surface area contributed by atoms with E-state index in [4.69, 9.17) is 0 Å². The fourth-order valence-corrected chi connectivity index (χ4v) is 3.22. The lowest BCUT2D eigenvalue weighted by Gasteiger charge is -2.23.